The predicted octanol–water partition coefficient (Wildman–Crippen LogP) is 35.6. The quantitative estimate of drug-likeness (QED) is 0.107. The molecule has 0 bridgehead atoms. The van der Waals surface area contributed by atoms with Gasteiger partial charge in [0.15, 0.2) is 29.1 Å². The first kappa shape index (κ1) is 86.4. The first-order valence-corrected chi connectivity index (χ1v) is 50.9. The molecule has 22 aromatic carbocycles. The van der Waals surface area contributed by atoms with Gasteiger partial charge in [-0.2, -0.15) is 0 Å². The maximum absolute atomic E-state index is 5.47. The molecule has 9 heterocycles. The number of nitrogens with zero attached hydrogens (tertiary/aromatic N) is 11. The van der Waals surface area contributed by atoms with Crippen molar-refractivity contribution in [2.45, 2.75) is 0 Å². The predicted molar refractivity (Wildman–Crippen MR) is 622 cm³/mol. The van der Waals surface area contributed by atoms with Crippen LogP contribution in [0.2, 0.25) is 0 Å². The molecule has 150 heavy (non-hydrogen) atoms. The van der Waals surface area contributed by atoms with E-state index in [4.69, 9.17) is 34.9 Å². The van der Waals surface area contributed by atoms with Gasteiger partial charge in [0.25, 0.3) is 0 Å². The van der Waals surface area contributed by atoms with Crippen molar-refractivity contribution in [3.63, 3.8) is 0 Å². The van der Waals surface area contributed by atoms with Crippen LogP contribution in [0.25, 0.3) is 288 Å². The number of hydrogen-bond acceptors (Lipinski definition) is 7. The summed E-state index contributed by atoms with van der Waals surface area (Å²) in [5, 5.41) is 19.8. The zero-order valence-electron chi connectivity index (χ0n) is 81.1. The van der Waals surface area contributed by atoms with Gasteiger partial charge >= 0.3 is 0 Å². The lowest BCUT2D eigenvalue weighted by molar-refractivity contribution is 1.07. The van der Waals surface area contributed by atoms with E-state index in [1.54, 1.807) is 0 Å². The van der Waals surface area contributed by atoms with Crippen molar-refractivity contribution in [2.75, 3.05) is 0 Å². The highest BCUT2D eigenvalue weighted by molar-refractivity contribution is 6.26. The van der Waals surface area contributed by atoms with Gasteiger partial charge in [0.05, 0.1) is 77.9 Å². The lowest BCUT2D eigenvalue weighted by Gasteiger charge is -2.18. The molecule has 0 spiro atoms. The van der Waals surface area contributed by atoms with E-state index in [9.17, 15) is 0 Å². The van der Waals surface area contributed by atoms with Crippen molar-refractivity contribution in [3.8, 4) is 147 Å². The summed E-state index contributed by atoms with van der Waals surface area (Å²) in [6.45, 7) is 0. The average molecular weight is 1910 g/mol. The molecule has 0 radical (unpaired) electrons. The van der Waals surface area contributed by atoms with E-state index in [1.807, 2.05) is 66.7 Å². The van der Waals surface area contributed by atoms with E-state index >= 15 is 0 Å². The second-order valence-electron chi connectivity index (χ2n) is 38.5. The van der Waals surface area contributed by atoms with Gasteiger partial charge in [-0.25, -0.2) is 34.9 Å². The van der Waals surface area contributed by atoms with Crippen LogP contribution in [0.5, 0.6) is 0 Å². The van der Waals surface area contributed by atoms with Crippen molar-refractivity contribution in [1.82, 2.24) is 52.8 Å². The highest BCUT2D eigenvalue weighted by atomic mass is 15.0. The third-order valence-corrected chi connectivity index (χ3v) is 29.8. The lowest BCUT2D eigenvalue weighted by atomic mass is 9.96. The van der Waals surface area contributed by atoms with Crippen LogP contribution in [-0.4, -0.2) is 52.8 Å². The number of benzene rings is 22. The molecule has 0 unspecified atom stereocenters. The molecule has 0 N–H and O–H groups in total. The Labute approximate surface area is 862 Å². The van der Waals surface area contributed by atoms with E-state index in [-0.39, 0.29) is 0 Å². The Balaban J connectivity index is 0.000000109. The zero-order chi connectivity index (χ0) is 98.8. The monoisotopic (exact) mass is 1910 g/mol. The fraction of sp³-hybridized carbons (Fsp3) is 0. The molecule has 0 saturated heterocycles. The van der Waals surface area contributed by atoms with Crippen molar-refractivity contribution in [1.29, 1.82) is 0 Å². The number of fused-ring (bicyclic) bond motifs is 22. The molecule has 9 aromatic heterocycles. The summed E-state index contributed by atoms with van der Waals surface area (Å²) in [4.78, 5) is 36.1. The molecule has 0 saturated carbocycles. The van der Waals surface area contributed by atoms with E-state index in [0.29, 0.717) is 23.3 Å². The third kappa shape index (κ3) is 14.8. The van der Waals surface area contributed by atoms with Crippen LogP contribution in [0.1, 0.15) is 0 Å². The summed E-state index contributed by atoms with van der Waals surface area (Å²) in [6, 6.07) is 187. The Kier molecular flexibility index (Phi) is 20.7. The van der Waals surface area contributed by atoms with E-state index in [2.05, 4.69) is 479 Å². The average Bonchev–Trinajstić information content (AvgIpc) is 1.56. The van der Waals surface area contributed by atoms with Crippen LogP contribution in [0.3, 0.4) is 0 Å². The zero-order valence-corrected chi connectivity index (χ0v) is 81.1. The Hall–Kier alpha value is -20.3. The highest BCUT2D eigenvalue weighted by Crippen LogP contribution is 2.48. The summed E-state index contributed by atoms with van der Waals surface area (Å²) in [5.74, 6) is 3.35. The van der Waals surface area contributed by atoms with Crippen LogP contribution in [0, 0.1) is 0 Å². The van der Waals surface area contributed by atoms with Gasteiger partial charge in [0.1, 0.15) is 0 Å². The van der Waals surface area contributed by atoms with Gasteiger partial charge in [0.2, 0.25) is 0 Å². The largest absolute Gasteiger partial charge is 0.309 e. The molecule has 0 aliphatic rings. The standard InChI is InChI=1S/C60H38N4.C40H25N3.C39H24N4/c1-3-17-39(18-4-1)46-23-11-12-26-49(46)55-38-54(61-60(62-55)42-21-5-2-6-22-42)43-35-44(63-56-29-15-13-27-50(56)52-33-31-40-19-7-9-24-47(40)58(52)63)37-45(36-43)64-57-30-16-14-28-51(57)53-34-32-41-20-8-10-25-48(41)59(53)64;1-3-11-26(12-4-1)28-15-9-16-29(23-28)35-25-36(42-40(41-35)27-13-5-2-6-14-27)30-21-22-32-34-19-10-18-33-31-17-7-8-20-37(31)43(39(33)34)38(32)24-30;1-3-11-25(12-4-1)27-15-9-16-28(23-27)38-40-37(26-13-5-2-6-14-26)41-39(42-38)29-21-22-31-33-19-10-18-32-30-17-7-8-20-34(30)43(36(32)33)35(31)24-29/h1-38H;1-25H;1-24H. The first-order valence-electron chi connectivity index (χ1n) is 50.9. The van der Waals surface area contributed by atoms with Gasteiger partial charge in [-0.3, -0.25) is 0 Å². The Morgan fingerprint density at radius 2 is 0.407 bits per heavy atom. The fourth-order valence-electron chi connectivity index (χ4n) is 22.9. The Morgan fingerprint density at radius 3 is 0.873 bits per heavy atom. The summed E-state index contributed by atoms with van der Waals surface area (Å²) >= 11 is 0. The molecule has 0 amide bonds. The van der Waals surface area contributed by atoms with Gasteiger partial charge in [-0.05, 0) is 123 Å². The molecule has 698 valence electrons. The van der Waals surface area contributed by atoms with E-state index in [1.165, 1.54) is 136 Å². The SMILES string of the molecule is c1ccc(-c2cccc(-c3cc(-c4ccc5c6cccc7c8ccccc8n(c5c4)c76)nc(-c4ccccc4)n3)c2)cc1.c1ccc(-c2cccc(-c3nc(-c4ccccc4)nc(-c4ccc5c6cccc7c8ccccc8n(c5c4)c76)n3)c2)cc1.c1ccc(-c2nc(-c3cc(-n4c5ccccc5c5ccc6ccccc6c54)cc(-n4c5ccccc5c5ccc6ccccc6c54)c3)cc(-c3ccccc3-c3ccccc3)n2)cc1. The van der Waals surface area contributed by atoms with Gasteiger partial charge in [-0.1, -0.05) is 449 Å². The van der Waals surface area contributed by atoms with Gasteiger partial charge in [0, 0.05) is 137 Å². The van der Waals surface area contributed by atoms with Crippen molar-refractivity contribution >= 4 is 141 Å². The molecule has 0 atom stereocenters. The molecule has 0 aliphatic heterocycles. The molecule has 0 fully saturated rings. The molecular weight excluding hydrogens is 1820 g/mol. The lowest BCUT2D eigenvalue weighted by Crippen LogP contribution is -2.02. The second kappa shape index (κ2) is 35.9. The third-order valence-electron chi connectivity index (χ3n) is 29.8. The summed E-state index contributed by atoms with van der Waals surface area (Å²) < 4.78 is 9.75. The minimum atomic E-state index is 0.652. The molecular formula is C139H87N11. The fourth-order valence-corrected chi connectivity index (χ4v) is 22.9. The van der Waals surface area contributed by atoms with Crippen LogP contribution in [-0.2, 0) is 0 Å². The topological polar surface area (TPSA) is 109 Å². The normalized spacial score (nSPS) is 11.7. The minimum absolute atomic E-state index is 0.652. The van der Waals surface area contributed by atoms with Gasteiger partial charge < -0.3 is 17.9 Å². The number of para-hydroxylation sites is 6. The first-order chi connectivity index (χ1) is 74.4. The molecule has 11 nitrogen and oxygen atoms in total. The highest BCUT2D eigenvalue weighted by Gasteiger charge is 2.27. The number of rotatable bonds is 14. The minimum Gasteiger partial charge on any atom is -0.309 e. The smallest absolute Gasteiger partial charge is 0.164 e. The maximum atomic E-state index is 5.47. The van der Waals surface area contributed by atoms with Crippen molar-refractivity contribution in [3.05, 3.63) is 528 Å². The number of hydrogen-bond donors (Lipinski definition) is 0. The molecule has 31 rings (SSSR count). The summed E-state index contributed by atoms with van der Waals surface area (Å²) in [6.07, 6.45) is 0. The summed E-state index contributed by atoms with van der Waals surface area (Å²) in [7, 11) is 0. The Bertz CT molecular complexity index is 10200. The van der Waals surface area contributed by atoms with E-state index < -0.39 is 0 Å². The molecule has 0 aliphatic carbocycles. The van der Waals surface area contributed by atoms with Crippen molar-refractivity contribution in [2.24, 2.45) is 0 Å². The van der Waals surface area contributed by atoms with Crippen LogP contribution >= 0.6 is 0 Å². The van der Waals surface area contributed by atoms with Crippen LogP contribution in [0.15, 0.2) is 528 Å². The molecule has 31 aromatic rings. The Morgan fingerprint density at radius 1 is 0.127 bits per heavy atom. The van der Waals surface area contributed by atoms with E-state index in [0.717, 1.165) is 129 Å². The number of aromatic nitrogens is 11. The van der Waals surface area contributed by atoms with Crippen LogP contribution < -0.4 is 0 Å². The second-order valence-corrected chi connectivity index (χ2v) is 38.5. The van der Waals surface area contributed by atoms with Gasteiger partial charge in [-0.15, -0.1) is 0 Å². The summed E-state index contributed by atoms with van der Waals surface area (Å²) in [5.41, 5.74) is 33.5. The maximum Gasteiger partial charge on any atom is 0.164 e. The molecule has 11 heteroatoms. The van der Waals surface area contributed by atoms with Crippen LogP contribution in [0.4, 0.5) is 0 Å². The van der Waals surface area contributed by atoms with Crippen molar-refractivity contribution < 1.29 is 0 Å².